The van der Waals surface area contributed by atoms with Gasteiger partial charge in [-0.05, 0) is 47.5 Å². The Morgan fingerprint density at radius 3 is 2.52 bits per heavy atom. The number of benzene rings is 2. The van der Waals surface area contributed by atoms with E-state index in [4.69, 9.17) is 4.42 Å². The Bertz CT molecular complexity index is 763. The molecule has 1 atom stereocenters. The Kier molecular flexibility index (Phi) is 4.13. The van der Waals surface area contributed by atoms with Crippen LogP contribution in [0.2, 0.25) is 0 Å². The molecule has 1 heterocycles. The summed E-state index contributed by atoms with van der Waals surface area (Å²) in [5, 5.41) is 6.01. The molecule has 0 saturated carbocycles. The highest BCUT2D eigenvalue weighted by Crippen LogP contribution is 2.34. The van der Waals surface area contributed by atoms with Crippen LogP contribution < -0.4 is 5.32 Å². The second kappa shape index (κ2) is 6.04. The van der Waals surface area contributed by atoms with Gasteiger partial charge in [-0.3, -0.25) is 0 Å². The van der Waals surface area contributed by atoms with Gasteiger partial charge in [-0.25, -0.2) is 0 Å². The van der Waals surface area contributed by atoms with Crippen molar-refractivity contribution in [1.29, 1.82) is 0 Å². The molecule has 3 heteroatoms. The SMILES string of the molecule is CCNC(c1occc1C)c1ccc(Br)c2ccccc12. The van der Waals surface area contributed by atoms with E-state index in [9.17, 15) is 0 Å². The first kappa shape index (κ1) is 14.4. The molecule has 2 nitrogen and oxygen atoms in total. The number of hydrogen-bond donors (Lipinski definition) is 1. The standard InChI is InChI=1S/C18H18BrNO/c1-3-20-17(18-12(2)10-11-21-18)15-8-9-16(19)14-7-5-4-6-13(14)15/h4-11,17,20H,3H2,1-2H3. The van der Waals surface area contributed by atoms with Crippen molar-refractivity contribution in [3.05, 3.63) is 70.1 Å². The van der Waals surface area contributed by atoms with Gasteiger partial charge in [0.2, 0.25) is 0 Å². The lowest BCUT2D eigenvalue weighted by molar-refractivity contribution is 0.450. The summed E-state index contributed by atoms with van der Waals surface area (Å²) in [4.78, 5) is 0. The fourth-order valence-electron chi connectivity index (χ4n) is 2.77. The average molecular weight is 344 g/mol. The minimum Gasteiger partial charge on any atom is -0.467 e. The summed E-state index contributed by atoms with van der Waals surface area (Å²) in [5.74, 6) is 0.990. The van der Waals surface area contributed by atoms with Crippen molar-refractivity contribution in [3.8, 4) is 0 Å². The quantitative estimate of drug-likeness (QED) is 0.703. The Morgan fingerprint density at radius 2 is 1.86 bits per heavy atom. The van der Waals surface area contributed by atoms with Gasteiger partial charge in [0.1, 0.15) is 5.76 Å². The molecule has 0 saturated heterocycles. The van der Waals surface area contributed by atoms with Crippen molar-refractivity contribution in [2.45, 2.75) is 19.9 Å². The molecule has 0 aliphatic rings. The molecule has 21 heavy (non-hydrogen) atoms. The molecule has 0 radical (unpaired) electrons. The molecule has 1 aromatic heterocycles. The van der Waals surface area contributed by atoms with E-state index >= 15 is 0 Å². The van der Waals surface area contributed by atoms with Crippen LogP contribution >= 0.6 is 15.9 Å². The number of furan rings is 1. The fraction of sp³-hybridized carbons (Fsp3) is 0.222. The molecule has 0 spiro atoms. The number of hydrogen-bond acceptors (Lipinski definition) is 2. The lowest BCUT2D eigenvalue weighted by Crippen LogP contribution is -2.22. The molecule has 3 rings (SSSR count). The van der Waals surface area contributed by atoms with Crippen LogP contribution in [0.4, 0.5) is 0 Å². The summed E-state index contributed by atoms with van der Waals surface area (Å²) < 4.78 is 6.86. The molecular formula is C18H18BrNO. The molecule has 2 aromatic carbocycles. The van der Waals surface area contributed by atoms with Crippen LogP contribution in [0.5, 0.6) is 0 Å². The van der Waals surface area contributed by atoms with E-state index in [1.54, 1.807) is 6.26 Å². The maximum Gasteiger partial charge on any atom is 0.128 e. The first-order chi connectivity index (χ1) is 10.2. The van der Waals surface area contributed by atoms with Gasteiger partial charge in [0.05, 0.1) is 12.3 Å². The first-order valence-electron chi connectivity index (χ1n) is 7.17. The van der Waals surface area contributed by atoms with E-state index in [0.717, 1.165) is 16.8 Å². The maximum absolute atomic E-state index is 5.74. The molecule has 0 amide bonds. The van der Waals surface area contributed by atoms with Crippen LogP contribution in [0.25, 0.3) is 10.8 Å². The van der Waals surface area contributed by atoms with E-state index in [1.807, 2.05) is 6.07 Å². The Morgan fingerprint density at radius 1 is 1.10 bits per heavy atom. The highest BCUT2D eigenvalue weighted by molar-refractivity contribution is 9.10. The predicted molar refractivity (Wildman–Crippen MR) is 90.6 cm³/mol. The van der Waals surface area contributed by atoms with Crippen molar-refractivity contribution in [3.63, 3.8) is 0 Å². The minimum absolute atomic E-state index is 0.0722. The maximum atomic E-state index is 5.74. The van der Waals surface area contributed by atoms with Crippen LogP contribution in [0.15, 0.2) is 57.6 Å². The van der Waals surface area contributed by atoms with Crippen molar-refractivity contribution < 1.29 is 4.42 Å². The van der Waals surface area contributed by atoms with Gasteiger partial charge >= 0.3 is 0 Å². The molecule has 1 unspecified atom stereocenters. The van der Waals surface area contributed by atoms with Crippen LogP contribution in [0.1, 0.15) is 29.9 Å². The van der Waals surface area contributed by atoms with E-state index in [0.29, 0.717) is 0 Å². The smallest absolute Gasteiger partial charge is 0.128 e. The number of aryl methyl sites for hydroxylation is 1. The number of nitrogens with one attached hydrogen (secondary N) is 1. The topological polar surface area (TPSA) is 25.2 Å². The molecule has 0 aliphatic heterocycles. The second-order valence-corrected chi connectivity index (χ2v) is 6.00. The minimum atomic E-state index is 0.0722. The third-order valence-corrected chi connectivity index (χ3v) is 4.48. The van der Waals surface area contributed by atoms with Crippen LogP contribution in [-0.4, -0.2) is 6.54 Å². The number of rotatable bonds is 4. The monoisotopic (exact) mass is 343 g/mol. The normalized spacial score (nSPS) is 12.7. The summed E-state index contributed by atoms with van der Waals surface area (Å²) in [6.45, 7) is 5.09. The second-order valence-electron chi connectivity index (χ2n) is 5.14. The highest BCUT2D eigenvalue weighted by atomic mass is 79.9. The molecule has 1 N–H and O–H groups in total. The Balaban J connectivity index is 2.21. The lowest BCUT2D eigenvalue weighted by atomic mass is 9.96. The molecule has 3 aromatic rings. The van der Waals surface area contributed by atoms with Crippen molar-refractivity contribution >= 4 is 26.7 Å². The van der Waals surface area contributed by atoms with Gasteiger partial charge in [-0.15, -0.1) is 0 Å². The van der Waals surface area contributed by atoms with Crippen LogP contribution in [0.3, 0.4) is 0 Å². The summed E-state index contributed by atoms with van der Waals surface area (Å²) in [6.07, 6.45) is 1.76. The first-order valence-corrected chi connectivity index (χ1v) is 7.96. The van der Waals surface area contributed by atoms with Gasteiger partial charge in [0.15, 0.2) is 0 Å². The molecule has 0 aliphatic carbocycles. The third-order valence-electron chi connectivity index (χ3n) is 3.79. The average Bonchev–Trinajstić information content (AvgIpc) is 2.92. The molecule has 0 bridgehead atoms. The van der Waals surface area contributed by atoms with Gasteiger partial charge in [0, 0.05) is 4.47 Å². The Hall–Kier alpha value is -1.58. The summed E-state index contributed by atoms with van der Waals surface area (Å²) in [7, 11) is 0. The van der Waals surface area contributed by atoms with Gasteiger partial charge in [-0.1, -0.05) is 53.2 Å². The van der Waals surface area contributed by atoms with Crippen LogP contribution in [-0.2, 0) is 0 Å². The van der Waals surface area contributed by atoms with E-state index in [1.165, 1.54) is 21.9 Å². The fourth-order valence-corrected chi connectivity index (χ4v) is 3.24. The summed E-state index contributed by atoms with van der Waals surface area (Å²) >= 11 is 3.64. The largest absolute Gasteiger partial charge is 0.467 e. The molecular weight excluding hydrogens is 326 g/mol. The molecule has 108 valence electrons. The zero-order valence-electron chi connectivity index (χ0n) is 12.2. The van der Waals surface area contributed by atoms with Gasteiger partial charge < -0.3 is 9.73 Å². The summed E-state index contributed by atoms with van der Waals surface area (Å²) in [6, 6.07) is 14.8. The van der Waals surface area contributed by atoms with Crippen molar-refractivity contribution in [2.24, 2.45) is 0 Å². The van der Waals surface area contributed by atoms with Gasteiger partial charge in [0.25, 0.3) is 0 Å². The zero-order valence-corrected chi connectivity index (χ0v) is 13.8. The number of fused-ring (bicyclic) bond motifs is 1. The van der Waals surface area contributed by atoms with Crippen molar-refractivity contribution in [1.82, 2.24) is 5.32 Å². The number of halogens is 1. The molecule has 0 fully saturated rings. The third kappa shape index (κ3) is 2.63. The zero-order chi connectivity index (χ0) is 14.8. The Labute approximate surface area is 133 Å². The predicted octanol–water partition coefficient (Wildman–Crippen LogP) is 5.20. The van der Waals surface area contributed by atoms with Crippen LogP contribution in [0, 0.1) is 6.92 Å². The van der Waals surface area contributed by atoms with E-state index in [-0.39, 0.29) is 6.04 Å². The lowest BCUT2D eigenvalue weighted by Gasteiger charge is -2.19. The highest BCUT2D eigenvalue weighted by Gasteiger charge is 2.20. The van der Waals surface area contributed by atoms with E-state index < -0.39 is 0 Å². The van der Waals surface area contributed by atoms with Crippen molar-refractivity contribution in [2.75, 3.05) is 6.54 Å². The summed E-state index contributed by atoms with van der Waals surface area (Å²) in [5.41, 5.74) is 2.42. The van der Waals surface area contributed by atoms with E-state index in [2.05, 4.69) is 71.5 Å². The van der Waals surface area contributed by atoms with Gasteiger partial charge in [-0.2, -0.15) is 0 Å².